The summed E-state index contributed by atoms with van der Waals surface area (Å²) in [5, 5.41) is 1.38. The van der Waals surface area contributed by atoms with Crippen LogP contribution in [0.25, 0.3) is 21.3 Å². The zero-order chi connectivity index (χ0) is 13.5. The van der Waals surface area contributed by atoms with Crippen LogP contribution in [0.2, 0.25) is 0 Å². The van der Waals surface area contributed by atoms with Gasteiger partial charge in [0.2, 0.25) is 0 Å². The molecule has 3 heteroatoms. The van der Waals surface area contributed by atoms with Gasteiger partial charge in [0, 0.05) is 33.9 Å². The summed E-state index contributed by atoms with van der Waals surface area (Å²) in [6.07, 6.45) is 8.84. The van der Waals surface area contributed by atoms with E-state index in [2.05, 4.69) is 24.0 Å². The molecule has 0 N–H and O–H groups in total. The van der Waals surface area contributed by atoms with Crippen molar-refractivity contribution in [3.05, 3.63) is 46.7 Å². The smallest absolute Gasteiger partial charge is 0.124 e. The quantitative estimate of drug-likeness (QED) is 0.653. The first-order valence-corrected chi connectivity index (χ1v) is 7.97. The Labute approximate surface area is 122 Å². The number of hydrogen-bond donors (Lipinski definition) is 0. The van der Waals surface area contributed by atoms with Crippen molar-refractivity contribution in [2.75, 3.05) is 0 Å². The number of nitrogens with zero attached hydrogens (tertiary/aromatic N) is 2. The standard InChI is InChI=1S/C17H16N2S/c1-11-9-14(12-5-4-8-18-10-12)16-13-6-2-3-7-15(13)20-17(16)19-11/h4-5,8-10H,2-3,6-7H2,1H3. The van der Waals surface area contributed by atoms with E-state index in [4.69, 9.17) is 4.98 Å². The number of aryl methyl sites for hydroxylation is 3. The van der Waals surface area contributed by atoms with Gasteiger partial charge < -0.3 is 0 Å². The summed E-state index contributed by atoms with van der Waals surface area (Å²) in [5.41, 5.74) is 5.15. The molecule has 0 spiro atoms. The SMILES string of the molecule is Cc1cc(-c2cccnc2)c2c3c(sc2n1)CCCC3. The lowest BCUT2D eigenvalue weighted by Crippen LogP contribution is -1.98. The zero-order valence-corrected chi connectivity index (χ0v) is 12.3. The molecule has 1 aliphatic carbocycles. The minimum absolute atomic E-state index is 1.09. The molecule has 0 radical (unpaired) electrons. The Morgan fingerprint density at radius 1 is 1.20 bits per heavy atom. The summed E-state index contributed by atoms with van der Waals surface area (Å²) in [6.45, 7) is 2.08. The molecule has 0 fully saturated rings. The van der Waals surface area contributed by atoms with Crippen LogP contribution in [-0.4, -0.2) is 9.97 Å². The van der Waals surface area contributed by atoms with E-state index in [0.29, 0.717) is 0 Å². The van der Waals surface area contributed by atoms with Gasteiger partial charge in [-0.1, -0.05) is 6.07 Å². The molecule has 100 valence electrons. The first-order chi connectivity index (χ1) is 9.83. The third-order valence-corrected chi connectivity index (χ3v) is 5.21. The molecular weight excluding hydrogens is 264 g/mol. The van der Waals surface area contributed by atoms with Crippen molar-refractivity contribution in [2.24, 2.45) is 0 Å². The molecule has 0 atom stereocenters. The van der Waals surface area contributed by atoms with E-state index < -0.39 is 0 Å². The second-order valence-corrected chi connectivity index (χ2v) is 6.53. The van der Waals surface area contributed by atoms with Crippen LogP contribution in [0.15, 0.2) is 30.6 Å². The normalized spacial score (nSPS) is 14.4. The van der Waals surface area contributed by atoms with E-state index >= 15 is 0 Å². The van der Waals surface area contributed by atoms with Crippen LogP contribution >= 0.6 is 11.3 Å². The highest BCUT2D eigenvalue weighted by molar-refractivity contribution is 7.19. The molecule has 1 aliphatic rings. The van der Waals surface area contributed by atoms with Gasteiger partial charge in [0.15, 0.2) is 0 Å². The van der Waals surface area contributed by atoms with Crippen LogP contribution in [-0.2, 0) is 12.8 Å². The van der Waals surface area contributed by atoms with Crippen LogP contribution in [0.1, 0.15) is 29.0 Å². The number of rotatable bonds is 1. The number of pyridine rings is 2. The summed E-state index contributed by atoms with van der Waals surface area (Å²) in [5.74, 6) is 0. The topological polar surface area (TPSA) is 25.8 Å². The molecule has 20 heavy (non-hydrogen) atoms. The third-order valence-electron chi connectivity index (χ3n) is 4.03. The van der Waals surface area contributed by atoms with Crippen LogP contribution < -0.4 is 0 Å². The lowest BCUT2D eigenvalue weighted by molar-refractivity contribution is 0.700. The Balaban J connectivity index is 2.06. The first kappa shape index (κ1) is 12.0. The van der Waals surface area contributed by atoms with Gasteiger partial charge in [0.1, 0.15) is 4.83 Å². The minimum Gasteiger partial charge on any atom is -0.264 e. The van der Waals surface area contributed by atoms with Gasteiger partial charge >= 0.3 is 0 Å². The average molecular weight is 280 g/mol. The second-order valence-electron chi connectivity index (χ2n) is 5.44. The highest BCUT2D eigenvalue weighted by Crippen LogP contribution is 2.40. The van der Waals surface area contributed by atoms with Gasteiger partial charge in [0.25, 0.3) is 0 Å². The summed E-state index contributed by atoms with van der Waals surface area (Å²) in [6, 6.07) is 6.37. The molecular formula is C17H16N2S. The molecule has 0 bridgehead atoms. The lowest BCUT2D eigenvalue weighted by atomic mass is 9.93. The van der Waals surface area contributed by atoms with E-state index in [1.807, 2.05) is 29.8 Å². The third kappa shape index (κ3) is 1.85. The number of hydrogen-bond acceptors (Lipinski definition) is 3. The van der Waals surface area contributed by atoms with Crippen LogP contribution in [0.5, 0.6) is 0 Å². The zero-order valence-electron chi connectivity index (χ0n) is 11.5. The van der Waals surface area contributed by atoms with Crippen molar-refractivity contribution >= 4 is 21.6 Å². The predicted molar refractivity (Wildman–Crippen MR) is 84.2 cm³/mol. The maximum Gasteiger partial charge on any atom is 0.124 e. The molecule has 0 unspecified atom stereocenters. The van der Waals surface area contributed by atoms with Crippen LogP contribution in [0, 0.1) is 6.92 Å². The molecule has 3 aromatic rings. The van der Waals surface area contributed by atoms with Gasteiger partial charge in [-0.25, -0.2) is 4.98 Å². The summed E-state index contributed by atoms with van der Waals surface area (Å²) in [4.78, 5) is 11.8. The molecule has 0 aliphatic heterocycles. The van der Waals surface area contributed by atoms with Crippen molar-refractivity contribution < 1.29 is 0 Å². The first-order valence-electron chi connectivity index (χ1n) is 7.15. The van der Waals surface area contributed by atoms with Crippen molar-refractivity contribution in [1.29, 1.82) is 0 Å². The Morgan fingerprint density at radius 3 is 2.95 bits per heavy atom. The number of aromatic nitrogens is 2. The minimum atomic E-state index is 1.09. The van der Waals surface area contributed by atoms with Gasteiger partial charge in [-0.05, 0) is 55.9 Å². The van der Waals surface area contributed by atoms with E-state index in [0.717, 1.165) is 5.69 Å². The fourth-order valence-electron chi connectivity index (χ4n) is 3.13. The molecule has 2 nitrogen and oxygen atoms in total. The lowest BCUT2D eigenvalue weighted by Gasteiger charge is -2.12. The Kier molecular flexibility index (Phi) is 2.81. The maximum absolute atomic E-state index is 4.76. The van der Waals surface area contributed by atoms with Gasteiger partial charge in [-0.2, -0.15) is 0 Å². The van der Waals surface area contributed by atoms with Crippen molar-refractivity contribution in [3.8, 4) is 11.1 Å². The molecule has 0 saturated heterocycles. The molecule has 0 amide bonds. The summed E-state index contributed by atoms with van der Waals surface area (Å²) in [7, 11) is 0. The highest BCUT2D eigenvalue weighted by Gasteiger charge is 2.20. The largest absolute Gasteiger partial charge is 0.264 e. The van der Waals surface area contributed by atoms with E-state index in [9.17, 15) is 0 Å². The number of fused-ring (bicyclic) bond motifs is 3. The van der Waals surface area contributed by atoms with Crippen molar-refractivity contribution in [1.82, 2.24) is 9.97 Å². The Morgan fingerprint density at radius 2 is 2.10 bits per heavy atom. The second kappa shape index (κ2) is 4.67. The Bertz CT molecular complexity index is 775. The summed E-state index contributed by atoms with van der Waals surface area (Å²) >= 11 is 1.89. The van der Waals surface area contributed by atoms with Crippen molar-refractivity contribution in [2.45, 2.75) is 32.6 Å². The van der Waals surface area contributed by atoms with Gasteiger partial charge in [-0.3, -0.25) is 4.98 Å². The molecule has 3 aromatic heterocycles. The molecule has 0 saturated carbocycles. The van der Waals surface area contributed by atoms with Crippen molar-refractivity contribution in [3.63, 3.8) is 0 Å². The van der Waals surface area contributed by atoms with Gasteiger partial charge in [0.05, 0.1) is 0 Å². The maximum atomic E-state index is 4.76. The van der Waals surface area contributed by atoms with E-state index in [1.54, 1.807) is 10.4 Å². The fraction of sp³-hybridized carbons (Fsp3) is 0.294. The highest BCUT2D eigenvalue weighted by atomic mass is 32.1. The van der Waals surface area contributed by atoms with Gasteiger partial charge in [-0.15, -0.1) is 11.3 Å². The van der Waals surface area contributed by atoms with E-state index in [-0.39, 0.29) is 0 Å². The molecule has 3 heterocycles. The van der Waals surface area contributed by atoms with Crippen LogP contribution in [0.3, 0.4) is 0 Å². The average Bonchev–Trinajstić information content (AvgIpc) is 2.85. The monoisotopic (exact) mass is 280 g/mol. The number of thiophene rings is 1. The summed E-state index contributed by atoms with van der Waals surface area (Å²) < 4.78 is 0. The molecule has 4 rings (SSSR count). The molecule has 0 aromatic carbocycles. The predicted octanol–water partition coefficient (Wildman–Crippen LogP) is 4.55. The Hall–Kier alpha value is -1.74. The fourth-order valence-corrected chi connectivity index (χ4v) is 4.46. The van der Waals surface area contributed by atoms with E-state index in [1.165, 1.54) is 47.0 Å². The van der Waals surface area contributed by atoms with Crippen LogP contribution in [0.4, 0.5) is 0 Å².